The van der Waals surface area contributed by atoms with Crippen molar-refractivity contribution in [1.82, 2.24) is 5.32 Å². The quantitative estimate of drug-likeness (QED) is 0.656. The zero-order chi connectivity index (χ0) is 9.14. The molecule has 12 heavy (non-hydrogen) atoms. The van der Waals surface area contributed by atoms with Gasteiger partial charge in [-0.05, 0) is 13.1 Å². The van der Waals surface area contributed by atoms with Crippen LogP contribution in [-0.2, 0) is 0 Å². The van der Waals surface area contributed by atoms with Crippen molar-refractivity contribution in [2.75, 3.05) is 7.05 Å². The van der Waals surface area contributed by atoms with Gasteiger partial charge in [-0.1, -0.05) is 6.07 Å². The van der Waals surface area contributed by atoms with Gasteiger partial charge in [-0.15, -0.1) is 0 Å². The topological polar surface area (TPSA) is 38.0 Å². The maximum atomic E-state index is 12.9. The van der Waals surface area contributed by atoms with Crippen LogP contribution < -0.4 is 11.1 Å². The first kappa shape index (κ1) is 9.09. The number of nitrogens with one attached hydrogen (secondary N) is 1. The normalized spacial score (nSPS) is 13.0. The van der Waals surface area contributed by atoms with E-state index in [2.05, 4.69) is 5.32 Å². The molecule has 0 spiro atoms. The van der Waals surface area contributed by atoms with E-state index in [1.54, 1.807) is 7.05 Å². The van der Waals surface area contributed by atoms with Crippen molar-refractivity contribution in [3.63, 3.8) is 0 Å². The van der Waals surface area contributed by atoms with Crippen LogP contribution in [0.15, 0.2) is 18.2 Å². The Balaban J connectivity index is 3.01. The molecular formula is C8H10F2N2. The third-order valence-corrected chi connectivity index (χ3v) is 1.61. The number of nitrogens with two attached hydrogens (primary N) is 1. The molecule has 1 rings (SSSR count). The summed E-state index contributed by atoms with van der Waals surface area (Å²) in [4.78, 5) is 0. The van der Waals surface area contributed by atoms with Crippen LogP contribution >= 0.6 is 0 Å². The van der Waals surface area contributed by atoms with Crippen LogP contribution in [0.3, 0.4) is 0 Å². The van der Waals surface area contributed by atoms with Gasteiger partial charge in [-0.25, -0.2) is 8.78 Å². The Morgan fingerprint density at radius 2 is 2.08 bits per heavy atom. The maximum absolute atomic E-state index is 12.9. The minimum Gasteiger partial charge on any atom is -0.312 e. The van der Waals surface area contributed by atoms with E-state index in [0.29, 0.717) is 0 Å². The summed E-state index contributed by atoms with van der Waals surface area (Å²) >= 11 is 0. The third kappa shape index (κ3) is 1.78. The molecule has 3 N–H and O–H groups in total. The molecule has 0 radical (unpaired) electrons. The molecule has 1 atom stereocenters. The van der Waals surface area contributed by atoms with Crippen molar-refractivity contribution in [1.29, 1.82) is 0 Å². The van der Waals surface area contributed by atoms with Crippen LogP contribution in [0.5, 0.6) is 0 Å². The summed E-state index contributed by atoms with van der Waals surface area (Å²) in [5, 5.41) is 2.66. The van der Waals surface area contributed by atoms with E-state index in [1.807, 2.05) is 0 Å². The Kier molecular flexibility index (Phi) is 2.73. The van der Waals surface area contributed by atoms with Gasteiger partial charge < -0.3 is 11.1 Å². The molecule has 0 fully saturated rings. The van der Waals surface area contributed by atoms with Crippen molar-refractivity contribution < 1.29 is 8.78 Å². The zero-order valence-electron chi connectivity index (χ0n) is 6.64. The molecule has 1 aromatic carbocycles. The van der Waals surface area contributed by atoms with E-state index in [0.717, 1.165) is 6.07 Å². The van der Waals surface area contributed by atoms with E-state index < -0.39 is 17.8 Å². The molecule has 2 nitrogen and oxygen atoms in total. The van der Waals surface area contributed by atoms with Crippen molar-refractivity contribution in [2.45, 2.75) is 6.17 Å². The Labute approximate surface area is 69.4 Å². The summed E-state index contributed by atoms with van der Waals surface area (Å²) in [6, 6.07) is 3.31. The van der Waals surface area contributed by atoms with Crippen LogP contribution in [0, 0.1) is 11.6 Å². The molecule has 66 valence electrons. The lowest BCUT2D eigenvalue weighted by Gasteiger charge is -2.10. The molecule has 1 aromatic rings. The van der Waals surface area contributed by atoms with E-state index in [-0.39, 0.29) is 5.56 Å². The number of halogens is 2. The Hall–Kier alpha value is -1.00. The zero-order valence-corrected chi connectivity index (χ0v) is 6.64. The van der Waals surface area contributed by atoms with Crippen LogP contribution in [0.4, 0.5) is 8.78 Å². The summed E-state index contributed by atoms with van der Waals surface area (Å²) < 4.78 is 25.3. The molecule has 0 saturated heterocycles. The van der Waals surface area contributed by atoms with Crippen molar-refractivity contribution in [2.24, 2.45) is 5.73 Å². The standard InChI is InChI=1S/C8H10F2N2/c1-12-8(11)6-3-2-5(9)4-7(6)10/h2-4,8,12H,11H2,1H3. The second kappa shape index (κ2) is 3.60. The molecule has 0 bridgehead atoms. The molecule has 0 saturated carbocycles. The van der Waals surface area contributed by atoms with Crippen molar-refractivity contribution in [3.05, 3.63) is 35.4 Å². The lowest BCUT2D eigenvalue weighted by molar-refractivity contribution is 0.533. The molecule has 0 amide bonds. The fourth-order valence-corrected chi connectivity index (χ4v) is 0.909. The average Bonchev–Trinajstić information content (AvgIpc) is 2.03. The van der Waals surface area contributed by atoms with Gasteiger partial charge in [0.25, 0.3) is 0 Å². The monoisotopic (exact) mass is 172 g/mol. The lowest BCUT2D eigenvalue weighted by atomic mass is 10.1. The van der Waals surface area contributed by atoms with E-state index in [4.69, 9.17) is 5.73 Å². The summed E-state index contributed by atoms with van der Waals surface area (Å²) in [5.41, 5.74) is 5.73. The van der Waals surface area contributed by atoms with E-state index in [9.17, 15) is 8.78 Å². The van der Waals surface area contributed by atoms with Gasteiger partial charge in [0.1, 0.15) is 11.6 Å². The molecule has 0 aliphatic carbocycles. The summed E-state index contributed by atoms with van der Waals surface area (Å²) in [6.07, 6.45) is -0.592. The Bertz CT molecular complexity index is 276. The molecular weight excluding hydrogens is 162 g/mol. The minimum absolute atomic E-state index is 0.263. The third-order valence-electron chi connectivity index (χ3n) is 1.61. The van der Waals surface area contributed by atoms with Gasteiger partial charge in [0.05, 0.1) is 6.17 Å². The Morgan fingerprint density at radius 3 is 2.58 bits per heavy atom. The first-order chi connectivity index (χ1) is 5.65. The minimum atomic E-state index is -0.628. The number of rotatable bonds is 2. The van der Waals surface area contributed by atoms with Gasteiger partial charge in [-0.2, -0.15) is 0 Å². The summed E-state index contributed by atoms with van der Waals surface area (Å²) in [6.45, 7) is 0. The number of hydrogen-bond acceptors (Lipinski definition) is 2. The van der Waals surface area contributed by atoms with E-state index >= 15 is 0 Å². The predicted octanol–water partition coefficient (Wildman–Crippen LogP) is 1.14. The van der Waals surface area contributed by atoms with Gasteiger partial charge in [-0.3, -0.25) is 0 Å². The fourth-order valence-electron chi connectivity index (χ4n) is 0.909. The molecule has 4 heteroatoms. The van der Waals surface area contributed by atoms with Gasteiger partial charge in [0, 0.05) is 11.6 Å². The first-order valence-electron chi connectivity index (χ1n) is 3.53. The van der Waals surface area contributed by atoms with E-state index in [1.165, 1.54) is 12.1 Å². The molecule has 1 unspecified atom stereocenters. The predicted molar refractivity (Wildman–Crippen MR) is 42.3 cm³/mol. The highest BCUT2D eigenvalue weighted by Crippen LogP contribution is 2.13. The molecule has 0 aromatic heterocycles. The van der Waals surface area contributed by atoms with Crippen LogP contribution in [0.1, 0.15) is 11.7 Å². The largest absolute Gasteiger partial charge is 0.312 e. The van der Waals surface area contributed by atoms with Crippen molar-refractivity contribution in [3.8, 4) is 0 Å². The molecule has 0 heterocycles. The highest BCUT2D eigenvalue weighted by Gasteiger charge is 2.09. The van der Waals surface area contributed by atoms with Crippen LogP contribution in [-0.4, -0.2) is 7.05 Å². The lowest BCUT2D eigenvalue weighted by Crippen LogP contribution is -2.25. The van der Waals surface area contributed by atoms with Crippen molar-refractivity contribution >= 4 is 0 Å². The second-order valence-corrected chi connectivity index (χ2v) is 2.43. The number of benzene rings is 1. The molecule has 0 aliphatic rings. The summed E-state index contributed by atoms with van der Waals surface area (Å²) in [7, 11) is 1.60. The maximum Gasteiger partial charge on any atom is 0.132 e. The average molecular weight is 172 g/mol. The number of hydrogen-bond donors (Lipinski definition) is 2. The van der Waals surface area contributed by atoms with Gasteiger partial charge in [0.15, 0.2) is 0 Å². The Morgan fingerprint density at radius 1 is 1.42 bits per heavy atom. The smallest absolute Gasteiger partial charge is 0.132 e. The fraction of sp³-hybridized carbons (Fsp3) is 0.250. The highest BCUT2D eigenvalue weighted by molar-refractivity contribution is 5.21. The van der Waals surface area contributed by atoms with Crippen LogP contribution in [0.2, 0.25) is 0 Å². The van der Waals surface area contributed by atoms with Crippen LogP contribution in [0.25, 0.3) is 0 Å². The SMILES string of the molecule is CNC(N)c1ccc(F)cc1F. The van der Waals surface area contributed by atoms with Gasteiger partial charge >= 0.3 is 0 Å². The highest BCUT2D eigenvalue weighted by atomic mass is 19.1. The molecule has 0 aliphatic heterocycles. The van der Waals surface area contributed by atoms with Gasteiger partial charge in [0.2, 0.25) is 0 Å². The summed E-state index contributed by atoms with van der Waals surface area (Å²) in [5.74, 6) is -1.23. The first-order valence-corrected chi connectivity index (χ1v) is 3.53. The second-order valence-electron chi connectivity index (χ2n) is 2.43.